The van der Waals surface area contributed by atoms with Crippen LogP contribution in [0.2, 0.25) is 0 Å². The maximum atomic E-state index is 11.6. The summed E-state index contributed by atoms with van der Waals surface area (Å²) in [6.07, 6.45) is 1.25. The molecule has 20 heavy (non-hydrogen) atoms. The topological polar surface area (TPSA) is 67.4 Å². The Kier molecular flexibility index (Phi) is 6.56. The summed E-state index contributed by atoms with van der Waals surface area (Å²) in [4.78, 5) is 23.0. The third kappa shape index (κ3) is 5.73. The lowest BCUT2D eigenvalue weighted by molar-refractivity contribution is -0.129. The van der Waals surface area contributed by atoms with Crippen molar-refractivity contribution in [2.75, 3.05) is 7.11 Å². The number of carbonyl (C=O) groups excluding carboxylic acids is 2. The van der Waals surface area contributed by atoms with E-state index in [4.69, 9.17) is 4.74 Å². The second-order valence-electron chi connectivity index (χ2n) is 5.01. The third-order valence-electron chi connectivity index (χ3n) is 2.75. The van der Waals surface area contributed by atoms with Gasteiger partial charge in [-0.25, -0.2) is 0 Å². The van der Waals surface area contributed by atoms with Crippen molar-refractivity contribution >= 4 is 11.8 Å². The van der Waals surface area contributed by atoms with Gasteiger partial charge in [0.15, 0.2) is 0 Å². The van der Waals surface area contributed by atoms with E-state index >= 15 is 0 Å². The molecular formula is C15H22N2O3. The standard InChI is InChI=1S/C15H22N2O3/c1-11(2)10-15(19)17-16-14(18)9-8-12-6-4-5-7-13(12)20-3/h4-7,11H,8-10H2,1-3H3,(H,16,18)(H,17,19). The normalized spacial score (nSPS) is 10.2. The van der Waals surface area contributed by atoms with Crippen molar-refractivity contribution in [2.24, 2.45) is 5.92 Å². The molecule has 1 rings (SSSR count). The van der Waals surface area contributed by atoms with Gasteiger partial charge in [0.05, 0.1) is 7.11 Å². The van der Waals surface area contributed by atoms with Crippen LogP contribution in [0.15, 0.2) is 24.3 Å². The fourth-order valence-electron chi connectivity index (χ4n) is 1.78. The highest BCUT2D eigenvalue weighted by molar-refractivity contribution is 5.82. The van der Waals surface area contributed by atoms with E-state index < -0.39 is 0 Å². The summed E-state index contributed by atoms with van der Waals surface area (Å²) in [5.41, 5.74) is 5.80. The Labute approximate surface area is 119 Å². The van der Waals surface area contributed by atoms with Crippen molar-refractivity contribution in [3.63, 3.8) is 0 Å². The summed E-state index contributed by atoms with van der Waals surface area (Å²) in [6, 6.07) is 7.57. The van der Waals surface area contributed by atoms with E-state index in [9.17, 15) is 9.59 Å². The number of amides is 2. The van der Waals surface area contributed by atoms with Crippen LogP contribution in [0.5, 0.6) is 5.75 Å². The third-order valence-corrected chi connectivity index (χ3v) is 2.75. The van der Waals surface area contributed by atoms with Crippen LogP contribution < -0.4 is 15.6 Å². The Morgan fingerprint density at radius 1 is 1.15 bits per heavy atom. The summed E-state index contributed by atoms with van der Waals surface area (Å²) >= 11 is 0. The van der Waals surface area contributed by atoms with Gasteiger partial charge in [0.1, 0.15) is 5.75 Å². The number of nitrogens with one attached hydrogen (secondary N) is 2. The molecule has 0 atom stereocenters. The van der Waals surface area contributed by atoms with Crippen molar-refractivity contribution < 1.29 is 14.3 Å². The number of ether oxygens (including phenoxy) is 1. The number of hydrazine groups is 1. The molecule has 0 aromatic heterocycles. The number of methoxy groups -OCH3 is 1. The Morgan fingerprint density at radius 3 is 2.45 bits per heavy atom. The minimum absolute atomic E-state index is 0.175. The predicted octanol–water partition coefficient (Wildman–Crippen LogP) is 1.82. The lowest BCUT2D eigenvalue weighted by Gasteiger charge is -2.10. The zero-order chi connectivity index (χ0) is 15.0. The summed E-state index contributed by atoms with van der Waals surface area (Å²) in [5.74, 6) is 0.642. The number of para-hydroxylation sites is 1. The Balaban J connectivity index is 2.35. The van der Waals surface area contributed by atoms with Crippen LogP contribution in [-0.4, -0.2) is 18.9 Å². The quantitative estimate of drug-likeness (QED) is 0.780. The number of hydrogen-bond donors (Lipinski definition) is 2. The first-order valence-corrected chi connectivity index (χ1v) is 6.72. The van der Waals surface area contributed by atoms with Gasteiger partial charge in [0, 0.05) is 12.8 Å². The fourth-order valence-corrected chi connectivity index (χ4v) is 1.78. The predicted molar refractivity (Wildman–Crippen MR) is 77.1 cm³/mol. The maximum Gasteiger partial charge on any atom is 0.238 e. The number of carbonyl (C=O) groups is 2. The van der Waals surface area contributed by atoms with Crippen LogP contribution in [-0.2, 0) is 16.0 Å². The first-order valence-electron chi connectivity index (χ1n) is 6.72. The molecule has 5 nitrogen and oxygen atoms in total. The zero-order valence-corrected chi connectivity index (χ0v) is 12.2. The van der Waals surface area contributed by atoms with Gasteiger partial charge in [0.2, 0.25) is 11.8 Å². The molecule has 1 aromatic carbocycles. The van der Waals surface area contributed by atoms with Crippen LogP contribution in [0.3, 0.4) is 0 Å². The van der Waals surface area contributed by atoms with Crippen LogP contribution in [0.4, 0.5) is 0 Å². The molecule has 5 heteroatoms. The lowest BCUT2D eigenvalue weighted by Crippen LogP contribution is -2.42. The van der Waals surface area contributed by atoms with Crippen molar-refractivity contribution in [3.8, 4) is 5.75 Å². The van der Waals surface area contributed by atoms with Crippen LogP contribution in [0, 0.1) is 5.92 Å². The lowest BCUT2D eigenvalue weighted by atomic mass is 10.1. The van der Waals surface area contributed by atoms with Crippen molar-refractivity contribution in [3.05, 3.63) is 29.8 Å². The van der Waals surface area contributed by atoms with E-state index in [1.165, 1.54) is 0 Å². The molecule has 2 amide bonds. The molecule has 0 bridgehead atoms. The van der Waals surface area contributed by atoms with E-state index in [0.717, 1.165) is 11.3 Å². The van der Waals surface area contributed by atoms with Gasteiger partial charge in [0.25, 0.3) is 0 Å². The van der Waals surface area contributed by atoms with Gasteiger partial charge < -0.3 is 4.74 Å². The van der Waals surface area contributed by atoms with Gasteiger partial charge >= 0.3 is 0 Å². The molecule has 110 valence electrons. The highest BCUT2D eigenvalue weighted by Gasteiger charge is 2.08. The Bertz CT molecular complexity index is 458. The van der Waals surface area contributed by atoms with E-state index in [1.54, 1.807) is 7.11 Å². The molecule has 0 aliphatic rings. The second-order valence-corrected chi connectivity index (χ2v) is 5.01. The summed E-state index contributed by atoms with van der Waals surface area (Å²) in [5, 5.41) is 0. The van der Waals surface area contributed by atoms with E-state index in [-0.39, 0.29) is 17.7 Å². The fraction of sp³-hybridized carbons (Fsp3) is 0.467. The van der Waals surface area contributed by atoms with E-state index in [2.05, 4.69) is 10.9 Å². The molecule has 0 saturated heterocycles. The minimum atomic E-state index is -0.215. The van der Waals surface area contributed by atoms with Crippen molar-refractivity contribution in [2.45, 2.75) is 33.1 Å². The van der Waals surface area contributed by atoms with Crippen LogP contribution in [0.1, 0.15) is 32.3 Å². The highest BCUT2D eigenvalue weighted by atomic mass is 16.5. The zero-order valence-electron chi connectivity index (χ0n) is 12.2. The number of aryl methyl sites for hydroxylation is 1. The Hall–Kier alpha value is -2.04. The average molecular weight is 278 g/mol. The van der Waals surface area contributed by atoms with Gasteiger partial charge in [-0.1, -0.05) is 32.0 Å². The van der Waals surface area contributed by atoms with E-state index in [0.29, 0.717) is 19.3 Å². The summed E-state index contributed by atoms with van der Waals surface area (Å²) < 4.78 is 5.22. The number of hydrogen-bond acceptors (Lipinski definition) is 3. The second kappa shape index (κ2) is 8.19. The van der Waals surface area contributed by atoms with Crippen LogP contribution in [0.25, 0.3) is 0 Å². The molecule has 0 heterocycles. The van der Waals surface area contributed by atoms with Crippen LogP contribution >= 0.6 is 0 Å². The van der Waals surface area contributed by atoms with Gasteiger partial charge in [-0.15, -0.1) is 0 Å². The monoisotopic (exact) mass is 278 g/mol. The van der Waals surface area contributed by atoms with Crippen molar-refractivity contribution in [1.82, 2.24) is 10.9 Å². The molecule has 0 radical (unpaired) electrons. The first-order chi connectivity index (χ1) is 9.52. The molecule has 0 saturated carbocycles. The summed E-state index contributed by atoms with van der Waals surface area (Å²) in [7, 11) is 1.60. The molecule has 2 N–H and O–H groups in total. The molecular weight excluding hydrogens is 256 g/mol. The summed E-state index contributed by atoms with van der Waals surface area (Å²) in [6.45, 7) is 3.90. The molecule has 0 aliphatic carbocycles. The van der Waals surface area contributed by atoms with Crippen molar-refractivity contribution in [1.29, 1.82) is 0 Å². The van der Waals surface area contributed by atoms with Gasteiger partial charge in [-0.2, -0.15) is 0 Å². The molecule has 0 spiro atoms. The minimum Gasteiger partial charge on any atom is -0.496 e. The largest absolute Gasteiger partial charge is 0.496 e. The van der Waals surface area contributed by atoms with Gasteiger partial charge in [-0.05, 0) is 24.0 Å². The number of benzene rings is 1. The molecule has 0 aliphatic heterocycles. The first kappa shape index (κ1) is 16.0. The molecule has 0 unspecified atom stereocenters. The Morgan fingerprint density at radius 2 is 1.80 bits per heavy atom. The van der Waals surface area contributed by atoms with Gasteiger partial charge in [-0.3, -0.25) is 20.4 Å². The maximum absolute atomic E-state index is 11.6. The number of rotatable bonds is 6. The van der Waals surface area contributed by atoms with E-state index in [1.807, 2.05) is 38.1 Å². The molecule has 1 aromatic rings. The molecule has 0 fully saturated rings. The smallest absolute Gasteiger partial charge is 0.238 e. The average Bonchev–Trinajstić information content (AvgIpc) is 2.42. The SMILES string of the molecule is COc1ccccc1CCC(=O)NNC(=O)CC(C)C. The highest BCUT2D eigenvalue weighted by Crippen LogP contribution is 2.18.